The SMILES string of the molecule is CS(=O)(=O)N(CC(=O)Nc1ccccc1Sc1ccccc1)c1cccc(F)c1. The number of anilines is 2. The molecule has 0 fully saturated rings. The number of halogens is 1. The van der Waals surface area contributed by atoms with Crippen LogP contribution < -0.4 is 9.62 Å². The molecule has 0 atom stereocenters. The number of hydrogen-bond acceptors (Lipinski definition) is 4. The Hall–Kier alpha value is -2.84. The summed E-state index contributed by atoms with van der Waals surface area (Å²) in [5.41, 5.74) is 0.661. The molecule has 1 amide bonds. The Labute approximate surface area is 173 Å². The van der Waals surface area contributed by atoms with E-state index in [-0.39, 0.29) is 5.69 Å². The van der Waals surface area contributed by atoms with Crippen LogP contribution in [0.5, 0.6) is 0 Å². The molecule has 1 N–H and O–H groups in total. The van der Waals surface area contributed by atoms with Crippen LogP contribution in [0.15, 0.2) is 88.7 Å². The third kappa shape index (κ3) is 5.82. The summed E-state index contributed by atoms with van der Waals surface area (Å²) in [5, 5.41) is 2.76. The van der Waals surface area contributed by atoms with Gasteiger partial charge in [-0.05, 0) is 42.5 Å². The van der Waals surface area contributed by atoms with E-state index in [0.717, 1.165) is 26.4 Å². The molecule has 0 unspecified atom stereocenters. The Morgan fingerprint density at radius 3 is 2.38 bits per heavy atom. The number of nitrogens with one attached hydrogen (secondary N) is 1. The highest BCUT2D eigenvalue weighted by atomic mass is 32.2. The Morgan fingerprint density at radius 2 is 1.69 bits per heavy atom. The third-order valence-electron chi connectivity index (χ3n) is 3.92. The molecule has 0 bridgehead atoms. The van der Waals surface area contributed by atoms with Crippen molar-refractivity contribution in [2.24, 2.45) is 0 Å². The van der Waals surface area contributed by atoms with Crippen molar-refractivity contribution in [3.05, 3.63) is 84.7 Å². The van der Waals surface area contributed by atoms with Crippen molar-refractivity contribution in [1.82, 2.24) is 0 Å². The lowest BCUT2D eigenvalue weighted by Gasteiger charge is -2.22. The molecule has 0 saturated heterocycles. The van der Waals surface area contributed by atoms with Crippen molar-refractivity contribution in [3.8, 4) is 0 Å². The largest absolute Gasteiger partial charge is 0.323 e. The molecule has 0 aliphatic carbocycles. The molecule has 29 heavy (non-hydrogen) atoms. The number of carbonyl (C=O) groups is 1. The average molecular weight is 431 g/mol. The smallest absolute Gasteiger partial charge is 0.245 e. The van der Waals surface area contributed by atoms with Crippen LogP contribution in [0.3, 0.4) is 0 Å². The molecule has 0 radical (unpaired) electrons. The standard InChI is InChI=1S/C21H19FN2O3S2/c1-29(26,27)24(17-9-7-8-16(22)14-17)15-21(25)23-19-12-5-6-13-20(19)28-18-10-3-2-4-11-18/h2-14H,15H2,1H3,(H,23,25). The number of amides is 1. The third-order valence-corrected chi connectivity index (χ3v) is 6.14. The number of nitrogens with zero attached hydrogens (tertiary/aromatic N) is 1. The zero-order valence-corrected chi connectivity index (χ0v) is 17.2. The predicted molar refractivity (Wildman–Crippen MR) is 114 cm³/mol. The topological polar surface area (TPSA) is 66.5 Å². The monoisotopic (exact) mass is 430 g/mol. The molecule has 0 heterocycles. The predicted octanol–water partition coefficient (Wildman–Crippen LogP) is 4.38. The van der Waals surface area contributed by atoms with Crippen molar-refractivity contribution < 1.29 is 17.6 Å². The van der Waals surface area contributed by atoms with Gasteiger partial charge in [0.1, 0.15) is 12.4 Å². The molecule has 3 aromatic rings. The van der Waals surface area contributed by atoms with Gasteiger partial charge in [0.05, 0.1) is 17.6 Å². The zero-order chi connectivity index (χ0) is 20.9. The number of hydrogen-bond donors (Lipinski definition) is 1. The summed E-state index contributed by atoms with van der Waals surface area (Å²) in [6.07, 6.45) is 0.977. The summed E-state index contributed by atoms with van der Waals surface area (Å²) in [6, 6.07) is 22.1. The molecular weight excluding hydrogens is 411 g/mol. The molecule has 0 aliphatic rings. The van der Waals surface area contributed by atoms with Gasteiger partial charge in [0.25, 0.3) is 0 Å². The fourth-order valence-electron chi connectivity index (χ4n) is 2.63. The maximum atomic E-state index is 13.5. The van der Waals surface area contributed by atoms with Gasteiger partial charge in [0.2, 0.25) is 15.9 Å². The zero-order valence-electron chi connectivity index (χ0n) is 15.6. The Balaban J connectivity index is 1.79. The molecule has 3 aromatic carbocycles. The minimum Gasteiger partial charge on any atom is -0.323 e. The second-order valence-electron chi connectivity index (χ2n) is 6.21. The minimum atomic E-state index is -3.78. The lowest BCUT2D eigenvalue weighted by Crippen LogP contribution is -2.37. The molecule has 3 rings (SSSR count). The summed E-state index contributed by atoms with van der Waals surface area (Å²) >= 11 is 1.48. The number of benzene rings is 3. The molecule has 0 spiro atoms. The number of carbonyl (C=O) groups excluding carboxylic acids is 1. The second kappa shape index (κ2) is 9.11. The molecule has 0 aliphatic heterocycles. The van der Waals surface area contributed by atoms with Crippen LogP contribution in [0.25, 0.3) is 0 Å². The van der Waals surface area contributed by atoms with E-state index in [2.05, 4.69) is 5.32 Å². The summed E-state index contributed by atoms with van der Waals surface area (Å²) < 4.78 is 38.7. The van der Waals surface area contributed by atoms with Crippen LogP contribution in [0.2, 0.25) is 0 Å². The van der Waals surface area contributed by atoms with Crippen molar-refractivity contribution in [3.63, 3.8) is 0 Å². The first kappa shape index (κ1) is 20.9. The van der Waals surface area contributed by atoms with Gasteiger partial charge in [-0.3, -0.25) is 9.10 Å². The van der Waals surface area contributed by atoms with Crippen molar-refractivity contribution in [1.29, 1.82) is 0 Å². The van der Waals surface area contributed by atoms with Gasteiger partial charge >= 0.3 is 0 Å². The van der Waals surface area contributed by atoms with Gasteiger partial charge in [0, 0.05) is 9.79 Å². The van der Waals surface area contributed by atoms with E-state index in [1.54, 1.807) is 12.1 Å². The fraction of sp³-hybridized carbons (Fsp3) is 0.0952. The van der Waals surface area contributed by atoms with Gasteiger partial charge < -0.3 is 5.32 Å². The van der Waals surface area contributed by atoms with Gasteiger partial charge in [-0.2, -0.15) is 0 Å². The summed E-state index contributed by atoms with van der Waals surface area (Å²) in [5.74, 6) is -1.11. The molecule has 0 saturated carbocycles. The van der Waals surface area contributed by atoms with Gasteiger partial charge in [0.15, 0.2) is 0 Å². The molecule has 150 valence electrons. The van der Waals surface area contributed by atoms with E-state index < -0.39 is 28.3 Å². The Bertz CT molecular complexity index is 1110. The van der Waals surface area contributed by atoms with E-state index in [0.29, 0.717) is 5.69 Å². The quantitative estimate of drug-likeness (QED) is 0.604. The van der Waals surface area contributed by atoms with Crippen LogP contribution in [-0.4, -0.2) is 27.1 Å². The minimum absolute atomic E-state index is 0.0922. The van der Waals surface area contributed by atoms with Gasteiger partial charge in [-0.1, -0.05) is 48.2 Å². The fourth-order valence-corrected chi connectivity index (χ4v) is 4.40. The summed E-state index contributed by atoms with van der Waals surface area (Å²) in [7, 11) is -3.78. The highest BCUT2D eigenvalue weighted by Gasteiger charge is 2.21. The molecule has 0 aromatic heterocycles. The van der Waals surface area contributed by atoms with E-state index >= 15 is 0 Å². The average Bonchev–Trinajstić information content (AvgIpc) is 2.67. The highest BCUT2D eigenvalue weighted by Crippen LogP contribution is 2.33. The van der Waals surface area contributed by atoms with Crippen molar-refractivity contribution in [2.75, 3.05) is 22.4 Å². The Morgan fingerprint density at radius 1 is 1.00 bits per heavy atom. The first-order valence-electron chi connectivity index (χ1n) is 8.68. The Kier molecular flexibility index (Phi) is 6.56. The lowest BCUT2D eigenvalue weighted by molar-refractivity contribution is -0.114. The molecule has 8 heteroatoms. The first-order chi connectivity index (χ1) is 13.8. The maximum Gasteiger partial charge on any atom is 0.245 e. The van der Waals surface area contributed by atoms with Crippen molar-refractivity contribution >= 4 is 39.1 Å². The van der Waals surface area contributed by atoms with Crippen LogP contribution in [0.4, 0.5) is 15.8 Å². The number of sulfonamides is 1. The van der Waals surface area contributed by atoms with E-state index in [9.17, 15) is 17.6 Å². The van der Waals surface area contributed by atoms with Crippen LogP contribution in [0.1, 0.15) is 0 Å². The van der Waals surface area contributed by atoms with Gasteiger partial charge in [-0.25, -0.2) is 12.8 Å². The number of rotatable bonds is 7. The van der Waals surface area contributed by atoms with Crippen LogP contribution in [0, 0.1) is 5.82 Å². The normalized spacial score (nSPS) is 11.1. The molecular formula is C21H19FN2O3S2. The second-order valence-corrected chi connectivity index (χ2v) is 9.23. The maximum absolute atomic E-state index is 13.5. The van der Waals surface area contributed by atoms with E-state index in [1.165, 1.54) is 30.0 Å². The lowest BCUT2D eigenvalue weighted by atomic mass is 10.3. The van der Waals surface area contributed by atoms with E-state index in [4.69, 9.17) is 0 Å². The molecule has 5 nitrogen and oxygen atoms in total. The summed E-state index contributed by atoms with van der Waals surface area (Å²) in [4.78, 5) is 14.4. The van der Waals surface area contributed by atoms with Crippen LogP contribution in [-0.2, 0) is 14.8 Å². The van der Waals surface area contributed by atoms with Crippen LogP contribution >= 0.6 is 11.8 Å². The summed E-state index contributed by atoms with van der Waals surface area (Å²) in [6.45, 7) is -0.466. The van der Waals surface area contributed by atoms with Crippen molar-refractivity contribution in [2.45, 2.75) is 9.79 Å². The van der Waals surface area contributed by atoms with E-state index in [1.807, 2.05) is 42.5 Å². The number of para-hydroxylation sites is 1. The van der Waals surface area contributed by atoms with Gasteiger partial charge in [-0.15, -0.1) is 0 Å². The highest BCUT2D eigenvalue weighted by molar-refractivity contribution is 7.99. The first-order valence-corrected chi connectivity index (χ1v) is 11.3.